The molecule has 4 heteroatoms. The van der Waals surface area contributed by atoms with Crippen molar-refractivity contribution in [3.8, 4) is 11.4 Å². The Morgan fingerprint density at radius 3 is 2.38 bits per heavy atom. The van der Waals surface area contributed by atoms with Gasteiger partial charge in [-0.2, -0.15) is 2.78 Å². The van der Waals surface area contributed by atoms with Crippen LogP contribution >= 0.6 is 22.9 Å². The van der Waals surface area contributed by atoms with E-state index in [1.54, 1.807) is 0 Å². The van der Waals surface area contributed by atoms with Crippen molar-refractivity contribution in [2.75, 3.05) is 0 Å². The molecule has 0 unspecified atom stereocenters. The Bertz CT molecular complexity index is 1550. The van der Waals surface area contributed by atoms with Gasteiger partial charge in [0.15, 0.2) is 16.6 Å². The average Bonchev–Trinajstić information content (AvgIpc) is 3.22. The first kappa shape index (κ1) is 17.0. The largest absolute Gasteiger partial charge is 0.455 e. The Hall–Kier alpha value is -2.86. The van der Waals surface area contributed by atoms with E-state index in [4.69, 9.17) is 4.42 Å². The van der Waals surface area contributed by atoms with E-state index >= 15 is 0 Å². The molecule has 29 heavy (non-hydrogen) atoms. The Labute approximate surface area is 181 Å². The molecule has 0 radical (unpaired) electrons. The number of benzene rings is 4. The van der Waals surface area contributed by atoms with Gasteiger partial charge in [-0.25, -0.2) is 4.57 Å². The van der Waals surface area contributed by atoms with E-state index in [0.29, 0.717) is 0 Å². The van der Waals surface area contributed by atoms with Gasteiger partial charge in [0, 0.05) is 10.8 Å². The molecule has 140 valence electrons. The standard InChI is InChI=1S/C25H18IN2O/c1-15-11-12-18-19-13-16-7-3-4-8-17(16)14-22(19)29-24(18)23(15)25-27(2)20-9-5-6-10-21(20)28(25)26/h3-14H,1-2H3/q+1. The Balaban J connectivity index is 1.77. The van der Waals surface area contributed by atoms with Gasteiger partial charge in [0.1, 0.15) is 11.1 Å². The van der Waals surface area contributed by atoms with Gasteiger partial charge >= 0.3 is 5.82 Å². The minimum atomic E-state index is 0.935. The molecule has 2 heterocycles. The summed E-state index contributed by atoms with van der Waals surface area (Å²) in [5, 5.41) is 4.76. The number of hydrogen-bond acceptors (Lipinski definition) is 1. The summed E-state index contributed by atoms with van der Waals surface area (Å²) in [4.78, 5) is 0. The van der Waals surface area contributed by atoms with E-state index in [-0.39, 0.29) is 0 Å². The van der Waals surface area contributed by atoms with E-state index in [1.807, 2.05) is 0 Å². The van der Waals surface area contributed by atoms with E-state index in [9.17, 15) is 0 Å². The lowest BCUT2D eigenvalue weighted by Gasteiger charge is -2.04. The summed E-state index contributed by atoms with van der Waals surface area (Å²) in [6.07, 6.45) is 0. The minimum absolute atomic E-state index is 0.935. The van der Waals surface area contributed by atoms with Crippen molar-refractivity contribution >= 4 is 66.6 Å². The number of halogens is 1. The van der Waals surface area contributed by atoms with Crippen LogP contribution < -0.4 is 4.57 Å². The van der Waals surface area contributed by atoms with Crippen LogP contribution in [0.4, 0.5) is 0 Å². The normalized spacial score (nSPS) is 12.0. The van der Waals surface area contributed by atoms with Gasteiger partial charge in [0.2, 0.25) is 22.9 Å². The summed E-state index contributed by atoms with van der Waals surface area (Å²) in [5.74, 6) is 1.14. The molecule has 0 aliphatic heterocycles. The summed E-state index contributed by atoms with van der Waals surface area (Å²) < 4.78 is 11.0. The van der Waals surface area contributed by atoms with Crippen molar-refractivity contribution in [1.82, 2.24) is 2.78 Å². The minimum Gasteiger partial charge on any atom is -0.455 e. The Morgan fingerprint density at radius 1 is 0.862 bits per heavy atom. The summed E-state index contributed by atoms with van der Waals surface area (Å²) in [6.45, 7) is 2.16. The second-order valence-corrected chi connectivity index (χ2v) is 8.55. The first-order valence-electron chi connectivity index (χ1n) is 9.64. The smallest absolute Gasteiger partial charge is 0.302 e. The molecule has 0 amide bonds. The van der Waals surface area contributed by atoms with Crippen LogP contribution in [0.15, 0.2) is 77.2 Å². The lowest BCUT2D eigenvalue weighted by molar-refractivity contribution is -0.633. The molecule has 4 aromatic carbocycles. The molecule has 0 spiro atoms. The first-order valence-corrected chi connectivity index (χ1v) is 10.6. The van der Waals surface area contributed by atoms with Crippen molar-refractivity contribution in [3.05, 3.63) is 78.4 Å². The third-order valence-electron chi connectivity index (χ3n) is 5.90. The fourth-order valence-electron chi connectivity index (χ4n) is 4.44. The third-order valence-corrected chi connectivity index (χ3v) is 6.87. The highest BCUT2D eigenvalue weighted by Gasteiger charge is 2.28. The molecule has 0 N–H and O–H groups in total. The van der Waals surface area contributed by atoms with Gasteiger partial charge in [0.05, 0.1) is 7.05 Å². The van der Waals surface area contributed by atoms with Crippen LogP contribution in [0, 0.1) is 6.92 Å². The quantitative estimate of drug-likeness (QED) is 0.186. The number of para-hydroxylation sites is 2. The zero-order valence-corrected chi connectivity index (χ0v) is 18.3. The monoisotopic (exact) mass is 489 g/mol. The highest BCUT2D eigenvalue weighted by Crippen LogP contribution is 2.39. The second kappa shape index (κ2) is 6.07. The molecule has 6 aromatic rings. The topological polar surface area (TPSA) is 21.9 Å². The lowest BCUT2D eigenvalue weighted by Crippen LogP contribution is -2.29. The van der Waals surface area contributed by atoms with Crippen LogP contribution in [0.3, 0.4) is 0 Å². The maximum absolute atomic E-state index is 6.50. The van der Waals surface area contributed by atoms with Gasteiger partial charge in [-0.3, -0.25) is 0 Å². The maximum Gasteiger partial charge on any atom is 0.302 e. The highest BCUT2D eigenvalue weighted by atomic mass is 127. The molecular weight excluding hydrogens is 471 g/mol. The number of nitrogens with zero attached hydrogens (tertiary/aromatic N) is 2. The summed E-state index contributed by atoms with van der Waals surface area (Å²) in [7, 11) is 2.13. The average molecular weight is 489 g/mol. The predicted molar refractivity (Wildman–Crippen MR) is 127 cm³/mol. The van der Waals surface area contributed by atoms with Crippen LogP contribution in [0.25, 0.3) is 55.1 Å². The van der Waals surface area contributed by atoms with Gasteiger partial charge in [0.25, 0.3) is 0 Å². The molecule has 0 aliphatic rings. The van der Waals surface area contributed by atoms with Gasteiger partial charge in [-0.15, -0.1) is 0 Å². The Kier molecular flexibility index (Phi) is 3.56. The molecule has 6 rings (SSSR count). The van der Waals surface area contributed by atoms with Crippen molar-refractivity contribution in [3.63, 3.8) is 0 Å². The van der Waals surface area contributed by atoms with E-state index in [0.717, 1.165) is 27.9 Å². The first-order chi connectivity index (χ1) is 14.1. The fraction of sp³-hybridized carbons (Fsp3) is 0.0800. The predicted octanol–water partition coefficient (Wildman–Crippen LogP) is 6.69. The molecule has 0 atom stereocenters. The molecule has 0 bridgehead atoms. The second-order valence-electron chi connectivity index (χ2n) is 7.58. The van der Waals surface area contributed by atoms with Crippen molar-refractivity contribution in [1.29, 1.82) is 0 Å². The molecule has 2 aromatic heterocycles. The van der Waals surface area contributed by atoms with Gasteiger partial charge in [-0.1, -0.05) is 48.5 Å². The maximum atomic E-state index is 6.50. The number of aromatic nitrogens is 2. The summed E-state index contributed by atoms with van der Waals surface area (Å²) >= 11 is 2.40. The molecule has 0 fully saturated rings. The van der Waals surface area contributed by atoms with Crippen molar-refractivity contribution in [2.45, 2.75) is 6.92 Å². The van der Waals surface area contributed by atoms with Crippen LogP contribution in [-0.2, 0) is 7.05 Å². The number of aryl methyl sites for hydroxylation is 2. The van der Waals surface area contributed by atoms with Crippen LogP contribution in [0.5, 0.6) is 0 Å². The molecular formula is C25H18IN2O+. The zero-order chi connectivity index (χ0) is 19.7. The van der Waals surface area contributed by atoms with Crippen molar-refractivity contribution < 1.29 is 8.98 Å². The number of hydrogen-bond donors (Lipinski definition) is 0. The molecule has 0 saturated carbocycles. The lowest BCUT2D eigenvalue weighted by atomic mass is 10.0. The zero-order valence-electron chi connectivity index (χ0n) is 16.1. The van der Waals surface area contributed by atoms with Gasteiger partial charge < -0.3 is 4.42 Å². The van der Waals surface area contributed by atoms with Crippen LogP contribution in [-0.4, -0.2) is 2.78 Å². The number of furan rings is 1. The van der Waals surface area contributed by atoms with E-state index < -0.39 is 0 Å². The van der Waals surface area contributed by atoms with Crippen molar-refractivity contribution in [2.24, 2.45) is 7.05 Å². The molecule has 0 saturated heterocycles. The molecule has 0 aliphatic carbocycles. The van der Waals surface area contributed by atoms with Crippen LogP contribution in [0.2, 0.25) is 0 Å². The number of rotatable bonds is 1. The Morgan fingerprint density at radius 2 is 1.59 bits per heavy atom. The third kappa shape index (κ3) is 2.32. The fourth-order valence-corrected chi connectivity index (χ4v) is 5.41. The van der Waals surface area contributed by atoms with E-state index in [1.165, 1.54) is 32.8 Å². The molecule has 3 nitrogen and oxygen atoms in total. The SMILES string of the molecule is Cc1ccc2c(oc3cc4ccccc4cc32)c1-c1n(I)c2ccccc2[n+]1C. The summed E-state index contributed by atoms with van der Waals surface area (Å²) in [6, 6.07) is 25.7. The van der Waals surface area contributed by atoms with E-state index in [2.05, 4.69) is 117 Å². The summed E-state index contributed by atoms with van der Waals surface area (Å²) in [5.41, 5.74) is 6.64. The van der Waals surface area contributed by atoms with Crippen LogP contribution in [0.1, 0.15) is 5.56 Å². The van der Waals surface area contributed by atoms with Gasteiger partial charge in [-0.05, 0) is 47.5 Å². The number of imidazole rings is 1. The highest BCUT2D eigenvalue weighted by molar-refractivity contribution is 14.1. The number of fused-ring (bicyclic) bond motifs is 5.